The molecular weight excluding hydrogens is 576 g/mol. The SMILES string of the molecule is C=CC(C)(OC(C)=O)C(CC1C(C)(OC(C)=O)CC(OC(C)=O)C2C(C)(C)C(OC(C)=O)CCC12COC(C)=O)OC(C)=O. The van der Waals surface area contributed by atoms with E-state index in [1.165, 1.54) is 47.6 Å². The number of esters is 6. The maximum Gasteiger partial charge on any atom is 0.303 e. The van der Waals surface area contributed by atoms with Crippen LogP contribution in [0.3, 0.4) is 0 Å². The topological polar surface area (TPSA) is 158 Å². The number of rotatable bonds is 11. The van der Waals surface area contributed by atoms with E-state index >= 15 is 0 Å². The Morgan fingerprint density at radius 1 is 0.864 bits per heavy atom. The third-order valence-electron chi connectivity index (χ3n) is 9.25. The average Bonchev–Trinajstić information content (AvgIpc) is 2.84. The molecule has 2 aliphatic carbocycles. The number of hydrogen-bond donors (Lipinski definition) is 0. The molecule has 0 aromatic carbocycles. The molecule has 2 fully saturated rings. The molecule has 0 aromatic heterocycles. The molecule has 2 aliphatic rings. The summed E-state index contributed by atoms with van der Waals surface area (Å²) in [5.74, 6) is -4.84. The second-order valence-corrected chi connectivity index (χ2v) is 13.1. The highest BCUT2D eigenvalue weighted by Crippen LogP contribution is 2.65. The minimum atomic E-state index is -1.50. The largest absolute Gasteiger partial charge is 0.465 e. The number of ether oxygens (including phenoxy) is 6. The summed E-state index contributed by atoms with van der Waals surface area (Å²) < 4.78 is 34.9. The maximum absolute atomic E-state index is 12.6. The van der Waals surface area contributed by atoms with Crippen molar-refractivity contribution in [2.45, 2.75) is 124 Å². The Labute approximate surface area is 259 Å². The first-order valence-electron chi connectivity index (χ1n) is 14.8. The zero-order valence-corrected chi connectivity index (χ0v) is 27.6. The molecule has 8 atom stereocenters. The van der Waals surface area contributed by atoms with E-state index in [1.54, 1.807) is 13.8 Å². The van der Waals surface area contributed by atoms with Gasteiger partial charge >= 0.3 is 35.8 Å². The van der Waals surface area contributed by atoms with Crippen molar-refractivity contribution in [2.75, 3.05) is 6.61 Å². The van der Waals surface area contributed by atoms with Crippen LogP contribution >= 0.6 is 0 Å². The van der Waals surface area contributed by atoms with Crippen molar-refractivity contribution < 1.29 is 57.2 Å². The van der Waals surface area contributed by atoms with Gasteiger partial charge in [-0.3, -0.25) is 28.8 Å². The highest BCUT2D eigenvalue weighted by atomic mass is 16.6. The Morgan fingerprint density at radius 3 is 1.91 bits per heavy atom. The molecular formula is C32H48O12. The van der Waals surface area contributed by atoms with Crippen molar-refractivity contribution in [1.82, 2.24) is 0 Å². The van der Waals surface area contributed by atoms with Crippen LogP contribution < -0.4 is 0 Å². The molecule has 0 radical (unpaired) electrons. The first-order chi connectivity index (χ1) is 20.1. The predicted octanol–water partition coefficient (Wildman–Crippen LogP) is 4.01. The van der Waals surface area contributed by atoms with Crippen molar-refractivity contribution in [3.05, 3.63) is 12.7 Å². The summed E-state index contributed by atoms with van der Waals surface area (Å²) in [5, 5.41) is 0. The van der Waals surface area contributed by atoms with Gasteiger partial charge in [-0.2, -0.15) is 0 Å². The molecule has 0 aliphatic heterocycles. The van der Waals surface area contributed by atoms with Gasteiger partial charge < -0.3 is 28.4 Å². The first kappa shape index (κ1) is 36.8. The van der Waals surface area contributed by atoms with Gasteiger partial charge in [-0.05, 0) is 39.2 Å². The van der Waals surface area contributed by atoms with Crippen LogP contribution in [0, 0.1) is 22.7 Å². The Morgan fingerprint density at radius 2 is 1.45 bits per heavy atom. The van der Waals surface area contributed by atoms with E-state index in [4.69, 9.17) is 28.4 Å². The standard InChI is InChI=1S/C32H48O12/c1-12-30(10,43-22(6)37)27(42-21(5)36)15-25-31(11,44-23(7)38)16-24(40-19(3)34)28-29(8,9)26(41-20(4)35)13-14-32(25,28)17-39-18(2)33/h12,24-28H,1,13-17H2,2-11H3. The molecule has 12 heteroatoms. The summed E-state index contributed by atoms with van der Waals surface area (Å²) in [4.78, 5) is 74.2. The number of carbonyl (C=O) groups excluding carboxylic acids is 6. The van der Waals surface area contributed by atoms with Crippen LogP contribution in [-0.4, -0.2) is 71.9 Å². The molecule has 0 saturated heterocycles. The van der Waals surface area contributed by atoms with Crippen LogP contribution in [0.1, 0.15) is 94.9 Å². The van der Waals surface area contributed by atoms with Gasteiger partial charge in [0.2, 0.25) is 0 Å². The Hall–Kier alpha value is -3.44. The lowest BCUT2D eigenvalue weighted by Crippen LogP contribution is -2.70. The van der Waals surface area contributed by atoms with E-state index in [1.807, 2.05) is 13.8 Å². The van der Waals surface area contributed by atoms with Gasteiger partial charge in [0.15, 0.2) is 5.60 Å². The number of fused-ring (bicyclic) bond motifs is 1. The van der Waals surface area contributed by atoms with E-state index in [2.05, 4.69) is 6.58 Å². The lowest BCUT2D eigenvalue weighted by molar-refractivity contribution is -0.271. The Balaban J connectivity index is 2.96. The molecule has 0 bridgehead atoms. The molecule has 2 saturated carbocycles. The van der Waals surface area contributed by atoms with Gasteiger partial charge in [0.05, 0.1) is 6.61 Å². The van der Waals surface area contributed by atoms with E-state index < -0.39 is 88.0 Å². The van der Waals surface area contributed by atoms with Crippen molar-refractivity contribution in [1.29, 1.82) is 0 Å². The monoisotopic (exact) mass is 624 g/mol. The van der Waals surface area contributed by atoms with Crippen LogP contribution in [0.4, 0.5) is 0 Å². The lowest BCUT2D eigenvalue weighted by atomic mass is 9.42. The first-order valence-corrected chi connectivity index (χ1v) is 14.8. The van der Waals surface area contributed by atoms with Crippen LogP contribution in [0.15, 0.2) is 12.7 Å². The molecule has 0 N–H and O–H groups in total. The van der Waals surface area contributed by atoms with Crippen molar-refractivity contribution in [3.8, 4) is 0 Å². The summed E-state index contributed by atoms with van der Waals surface area (Å²) in [6, 6.07) is 0. The predicted molar refractivity (Wildman–Crippen MR) is 155 cm³/mol. The summed E-state index contributed by atoms with van der Waals surface area (Å²) in [6.07, 6.45) is -0.562. The third-order valence-corrected chi connectivity index (χ3v) is 9.25. The molecule has 0 spiro atoms. The maximum atomic E-state index is 12.6. The molecule has 0 heterocycles. The van der Waals surface area contributed by atoms with Gasteiger partial charge in [0.1, 0.15) is 23.9 Å². The van der Waals surface area contributed by atoms with Crippen LogP contribution in [-0.2, 0) is 57.2 Å². The highest BCUT2D eigenvalue weighted by molar-refractivity contribution is 5.69. The summed E-state index contributed by atoms with van der Waals surface area (Å²) in [5.41, 5.74) is -4.78. The van der Waals surface area contributed by atoms with E-state index in [9.17, 15) is 28.8 Å². The molecule has 8 unspecified atom stereocenters. The second kappa shape index (κ2) is 13.7. The van der Waals surface area contributed by atoms with E-state index in [0.29, 0.717) is 6.42 Å². The molecule has 44 heavy (non-hydrogen) atoms. The third kappa shape index (κ3) is 7.98. The summed E-state index contributed by atoms with van der Waals surface area (Å²) in [6.45, 7) is 18.3. The summed E-state index contributed by atoms with van der Waals surface area (Å²) >= 11 is 0. The minimum absolute atomic E-state index is 0.0297. The van der Waals surface area contributed by atoms with Crippen LogP contribution in [0.5, 0.6) is 0 Å². The fraction of sp³-hybridized carbons (Fsp3) is 0.750. The van der Waals surface area contributed by atoms with Gasteiger partial charge in [-0.15, -0.1) is 0 Å². The van der Waals surface area contributed by atoms with Gasteiger partial charge in [0.25, 0.3) is 0 Å². The lowest BCUT2D eigenvalue weighted by Gasteiger charge is -2.65. The summed E-state index contributed by atoms with van der Waals surface area (Å²) in [7, 11) is 0. The van der Waals surface area contributed by atoms with Gasteiger partial charge in [-0.25, -0.2) is 0 Å². The fourth-order valence-electron chi connectivity index (χ4n) is 7.90. The smallest absolute Gasteiger partial charge is 0.303 e. The zero-order valence-electron chi connectivity index (χ0n) is 27.6. The van der Waals surface area contributed by atoms with Gasteiger partial charge in [-0.1, -0.05) is 20.4 Å². The van der Waals surface area contributed by atoms with E-state index in [0.717, 1.165) is 0 Å². The zero-order chi connectivity index (χ0) is 33.8. The van der Waals surface area contributed by atoms with Gasteiger partial charge in [0, 0.05) is 70.6 Å². The molecule has 0 amide bonds. The Bertz CT molecular complexity index is 1160. The quantitative estimate of drug-likeness (QED) is 0.185. The van der Waals surface area contributed by atoms with Crippen molar-refractivity contribution >= 4 is 35.8 Å². The average molecular weight is 625 g/mol. The van der Waals surface area contributed by atoms with E-state index in [-0.39, 0.29) is 25.9 Å². The normalized spacial score (nSPS) is 31.0. The second-order valence-electron chi connectivity index (χ2n) is 13.1. The van der Waals surface area contributed by atoms with Crippen molar-refractivity contribution in [2.24, 2.45) is 22.7 Å². The Kier molecular flexibility index (Phi) is 11.4. The molecule has 2 rings (SSSR count). The minimum Gasteiger partial charge on any atom is -0.465 e. The molecule has 12 nitrogen and oxygen atoms in total. The molecule has 248 valence electrons. The fourth-order valence-corrected chi connectivity index (χ4v) is 7.90. The highest BCUT2D eigenvalue weighted by Gasteiger charge is 2.69. The van der Waals surface area contributed by atoms with Crippen LogP contribution in [0.25, 0.3) is 0 Å². The van der Waals surface area contributed by atoms with Crippen LogP contribution in [0.2, 0.25) is 0 Å². The molecule has 0 aromatic rings. The number of carbonyl (C=O) groups is 6. The van der Waals surface area contributed by atoms with Crippen molar-refractivity contribution in [3.63, 3.8) is 0 Å². The number of hydrogen-bond acceptors (Lipinski definition) is 12.